The van der Waals surface area contributed by atoms with Crippen LogP contribution in [0.4, 0.5) is 0 Å². The number of hydrogen-bond donors (Lipinski definition) is 1. The van der Waals surface area contributed by atoms with Gasteiger partial charge < -0.3 is 15.0 Å². The Kier molecular flexibility index (Phi) is 5.23. The third-order valence-electron chi connectivity index (χ3n) is 4.36. The lowest BCUT2D eigenvalue weighted by atomic mass is 10.1. The molecule has 0 aliphatic carbocycles. The SMILES string of the molecule is CC(NC(=O)C1=Cc2cc(Br)ccc2OC1)C(=O)N1CCCCC1. The Morgan fingerprint density at radius 3 is 2.75 bits per heavy atom. The standard InChI is InChI=1S/C18H21BrN2O3/c1-12(18(23)21-7-3-2-4-8-21)20-17(22)14-9-13-10-15(19)5-6-16(13)24-11-14/h5-6,9-10,12H,2-4,7-8,11H2,1H3,(H,20,22). The molecular weight excluding hydrogens is 372 g/mol. The summed E-state index contributed by atoms with van der Waals surface area (Å²) in [5, 5.41) is 2.80. The molecule has 0 spiro atoms. The third kappa shape index (κ3) is 3.80. The Morgan fingerprint density at radius 1 is 1.25 bits per heavy atom. The Hall–Kier alpha value is -1.82. The zero-order valence-corrected chi connectivity index (χ0v) is 15.3. The van der Waals surface area contributed by atoms with Crippen molar-refractivity contribution < 1.29 is 14.3 Å². The molecule has 128 valence electrons. The van der Waals surface area contributed by atoms with E-state index in [1.807, 2.05) is 29.2 Å². The van der Waals surface area contributed by atoms with Crippen molar-refractivity contribution in [1.82, 2.24) is 10.2 Å². The molecule has 0 saturated carbocycles. The number of fused-ring (bicyclic) bond motifs is 1. The highest BCUT2D eigenvalue weighted by Gasteiger charge is 2.25. The fraction of sp³-hybridized carbons (Fsp3) is 0.444. The van der Waals surface area contributed by atoms with Crippen molar-refractivity contribution in [3.8, 4) is 5.75 Å². The minimum atomic E-state index is -0.527. The number of carbonyl (C=O) groups excluding carboxylic acids is 2. The van der Waals surface area contributed by atoms with Crippen LogP contribution in [0, 0.1) is 0 Å². The molecule has 0 aromatic heterocycles. The van der Waals surface area contributed by atoms with E-state index in [1.165, 1.54) is 6.42 Å². The Balaban J connectivity index is 1.65. The summed E-state index contributed by atoms with van der Waals surface area (Å²) in [6.45, 7) is 3.52. The van der Waals surface area contributed by atoms with Gasteiger partial charge in [0, 0.05) is 23.1 Å². The number of nitrogens with zero attached hydrogens (tertiary/aromatic N) is 1. The van der Waals surface area contributed by atoms with Crippen LogP contribution >= 0.6 is 15.9 Å². The van der Waals surface area contributed by atoms with Crippen molar-refractivity contribution in [3.63, 3.8) is 0 Å². The number of carbonyl (C=O) groups is 2. The summed E-state index contributed by atoms with van der Waals surface area (Å²) in [6, 6.07) is 5.15. The molecule has 3 rings (SSSR count). The second kappa shape index (κ2) is 7.38. The summed E-state index contributed by atoms with van der Waals surface area (Å²) in [4.78, 5) is 26.7. The van der Waals surface area contributed by atoms with Gasteiger partial charge in [0.1, 0.15) is 18.4 Å². The van der Waals surface area contributed by atoms with Crippen LogP contribution in [0.1, 0.15) is 31.7 Å². The molecule has 24 heavy (non-hydrogen) atoms. The molecule has 1 fully saturated rings. The van der Waals surface area contributed by atoms with Gasteiger partial charge in [-0.1, -0.05) is 15.9 Å². The molecule has 1 unspecified atom stereocenters. The van der Waals surface area contributed by atoms with Gasteiger partial charge in [0.05, 0.1) is 5.57 Å². The van der Waals surface area contributed by atoms with E-state index in [0.717, 1.165) is 41.7 Å². The van der Waals surface area contributed by atoms with E-state index < -0.39 is 6.04 Å². The normalized spacial score (nSPS) is 18.1. The molecule has 0 radical (unpaired) electrons. The number of benzene rings is 1. The maximum atomic E-state index is 12.4. The minimum absolute atomic E-state index is 0.0106. The van der Waals surface area contributed by atoms with E-state index in [9.17, 15) is 9.59 Å². The van der Waals surface area contributed by atoms with E-state index >= 15 is 0 Å². The van der Waals surface area contributed by atoms with Crippen molar-refractivity contribution >= 4 is 33.8 Å². The lowest BCUT2D eigenvalue weighted by molar-refractivity contribution is -0.136. The van der Waals surface area contributed by atoms with Gasteiger partial charge in [-0.15, -0.1) is 0 Å². The van der Waals surface area contributed by atoms with Crippen LogP contribution in [0.5, 0.6) is 5.75 Å². The zero-order chi connectivity index (χ0) is 17.1. The number of ether oxygens (including phenoxy) is 1. The number of piperidine rings is 1. The van der Waals surface area contributed by atoms with E-state index in [-0.39, 0.29) is 18.4 Å². The van der Waals surface area contributed by atoms with Crippen molar-refractivity contribution in [1.29, 1.82) is 0 Å². The zero-order valence-electron chi connectivity index (χ0n) is 13.7. The molecule has 0 bridgehead atoms. The van der Waals surface area contributed by atoms with Gasteiger partial charge in [-0.05, 0) is 50.5 Å². The lowest BCUT2D eigenvalue weighted by Gasteiger charge is -2.29. The highest BCUT2D eigenvalue weighted by Crippen LogP contribution is 2.29. The summed E-state index contributed by atoms with van der Waals surface area (Å²) in [7, 11) is 0. The molecule has 1 N–H and O–H groups in total. The predicted octanol–water partition coefficient (Wildman–Crippen LogP) is 2.74. The van der Waals surface area contributed by atoms with Crippen molar-refractivity contribution in [2.75, 3.05) is 19.7 Å². The maximum absolute atomic E-state index is 12.4. The fourth-order valence-electron chi connectivity index (χ4n) is 3.02. The van der Waals surface area contributed by atoms with Crippen molar-refractivity contribution in [2.45, 2.75) is 32.2 Å². The van der Waals surface area contributed by atoms with Crippen LogP contribution in [-0.4, -0.2) is 42.5 Å². The fourth-order valence-corrected chi connectivity index (χ4v) is 3.40. The second-order valence-electron chi connectivity index (χ2n) is 6.22. The smallest absolute Gasteiger partial charge is 0.251 e. The second-order valence-corrected chi connectivity index (χ2v) is 7.14. The minimum Gasteiger partial charge on any atom is -0.488 e. The average Bonchev–Trinajstić information content (AvgIpc) is 2.61. The van der Waals surface area contributed by atoms with Gasteiger partial charge in [-0.25, -0.2) is 0 Å². The third-order valence-corrected chi connectivity index (χ3v) is 4.86. The first kappa shape index (κ1) is 17.0. The first-order valence-corrected chi connectivity index (χ1v) is 9.06. The molecule has 1 aromatic carbocycles. The molecule has 2 amide bonds. The van der Waals surface area contributed by atoms with Crippen LogP contribution in [0.2, 0.25) is 0 Å². The van der Waals surface area contributed by atoms with Crippen LogP contribution in [0.15, 0.2) is 28.2 Å². The molecule has 2 heterocycles. The monoisotopic (exact) mass is 392 g/mol. The van der Waals surface area contributed by atoms with Gasteiger partial charge in [-0.2, -0.15) is 0 Å². The first-order chi connectivity index (χ1) is 11.5. The largest absolute Gasteiger partial charge is 0.488 e. The number of halogens is 1. The van der Waals surface area contributed by atoms with Gasteiger partial charge in [0.15, 0.2) is 0 Å². The van der Waals surface area contributed by atoms with Crippen molar-refractivity contribution in [3.05, 3.63) is 33.8 Å². The summed E-state index contributed by atoms with van der Waals surface area (Å²) in [6.07, 6.45) is 5.06. The average molecular weight is 393 g/mol. The first-order valence-electron chi connectivity index (χ1n) is 8.27. The Labute approximate surface area is 150 Å². The van der Waals surface area contributed by atoms with E-state index in [0.29, 0.717) is 5.57 Å². The van der Waals surface area contributed by atoms with Gasteiger partial charge in [0.2, 0.25) is 5.91 Å². The Morgan fingerprint density at radius 2 is 2.00 bits per heavy atom. The highest BCUT2D eigenvalue weighted by atomic mass is 79.9. The predicted molar refractivity (Wildman–Crippen MR) is 95.6 cm³/mol. The van der Waals surface area contributed by atoms with Crippen LogP contribution in [-0.2, 0) is 9.59 Å². The van der Waals surface area contributed by atoms with Crippen LogP contribution < -0.4 is 10.1 Å². The summed E-state index contributed by atoms with van der Waals surface area (Å²) in [5.74, 6) is 0.495. The summed E-state index contributed by atoms with van der Waals surface area (Å²) >= 11 is 3.42. The molecule has 1 saturated heterocycles. The number of nitrogens with one attached hydrogen (secondary N) is 1. The molecule has 2 aliphatic heterocycles. The van der Waals surface area contributed by atoms with E-state index in [1.54, 1.807) is 6.92 Å². The quantitative estimate of drug-likeness (QED) is 0.859. The van der Waals surface area contributed by atoms with Crippen molar-refractivity contribution in [2.24, 2.45) is 0 Å². The molecule has 2 aliphatic rings. The Bertz CT molecular complexity index is 681. The molecule has 6 heteroatoms. The highest BCUT2D eigenvalue weighted by molar-refractivity contribution is 9.10. The molecule has 5 nitrogen and oxygen atoms in total. The molecular formula is C18H21BrN2O3. The molecule has 1 atom stereocenters. The van der Waals surface area contributed by atoms with Crippen LogP contribution in [0.3, 0.4) is 0 Å². The van der Waals surface area contributed by atoms with E-state index in [4.69, 9.17) is 4.74 Å². The van der Waals surface area contributed by atoms with E-state index in [2.05, 4.69) is 21.2 Å². The lowest BCUT2D eigenvalue weighted by Crippen LogP contribution is -2.49. The summed E-state index contributed by atoms with van der Waals surface area (Å²) < 4.78 is 6.55. The number of amides is 2. The van der Waals surface area contributed by atoms with Crippen LogP contribution in [0.25, 0.3) is 6.08 Å². The topological polar surface area (TPSA) is 58.6 Å². The number of rotatable bonds is 3. The maximum Gasteiger partial charge on any atom is 0.251 e. The number of hydrogen-bond acceptors (Lipinski definition) is 3. The number of likely N-dealkylation sites (tertiary alicyclic amines) is 1. The van der Waals surface area contributed by atoms with Gasteiger partial charge >= 0.3 is 0 Å². The van der Waals surface area contributed by atoms with Gasteiger partial charge in [-0.3, -0.25) is 9.59 Å². The summed E-state index contributed by atoms with van der Waals surface area (Å²) in [5.41, 5.74) is 1.38. The van der Waals surface area contributed by atoms with Gasteiger partial charge in [0.25, 0.3) is 5.91 Å². The molecule has 1 aromatic rings.